The quantitative estimate of drug-likeness (QED) is 0.780. The minimum Gasteiger partial charge on any atom is -0.492 e. The van der Waals surface area contributed by atoms with Gasteiger partial charge in [-0.05, 0) is 44.4 Å². The van der Waals surface area contributed by atoms with Crippen LogP contribution in [0.1, 0.15) is 36.5 Å². The van der Waals surface area contributed by atoms with E-state index in [0.29, 0.717) is 35.8 Å². The fourth-order valence-electron chi connectivity index (χ4n) is 2.11. The largest absolute Gasteiger partial charge is 0.492 e. The minimum atomic E-state index is -0.823. The summed E-state index contributed by atoms with van der Waals surface area (Å²) < 4.78 is 5.32. The molecule has 0 atom stereocenters. The molecule has 0 N–H and O–H groups in total. The van der Waals surface area contributed by atoms with Crippen molar-refractivity contribution in [2.24, 2.45) is 5.41 Å². The maximum atomic E-state index is 12.3. The number of Topliss-reactive ketones (excluding diaryl/α,β-unsaturated/α-hetero) is 1. The average Bonchev–Trinajstić information content (AvgIpc) is 2.31. The van der Waals surface area contributed by atoms with Gasteiger partial charge in [-0.25, -0.2) is 0 Å². The predicted octanol–water partition coefficient (Wildman–Crippen LogP) is 3.62. The molecule has 3 nitrogen and oxygen atoms in total. The van der Waals surface area contributed by atoms with E-state index in [0.717, 1.165) is 6.42 Å². The highest BCUT2D eigenvalue weighted by atomic mass is 35.5. The van der Waals surface area contributed by atoms with Gasteiger partial charge in [0.15, 0.2) is 5.78 Å². The number of ketones is 1. The van der Waals surface area contributed by atoms with E-state index < -0.39 is 5.41 Å². The van der Waals surface area contributed by atoms with Crippen LogP contribution < -0.4 is 4.74 Å². The first-order valence-electron chi connectivity index (χ1n) is 6.01. The molecule has 4 heteroatoms. The summed E-state index contributed by atoms with van der Waals surface area (Å²) in [6.07, 6.45) is 2.23. The number of nitrogens with zero attached hydrogens (tertiary/aromatic N) is 1. The third kappa shape index (κ3) is 2.09. The van der Waals surface area contributed by atoms with Crippen LogP contribution in [-0.4, -0.2) is 12.4 Å². The number of carbonyl (C=O) groups excluding carboxylic acids is 1. The molecular formula is C14H14ClNO2. The Morgan fingerprint density at radius 1 is 1.56 bits per heavy atom. The van der Waals surface area contributed by atoms with Gasteiger partial charge in [0.25, 0.3) is 0 Å². The lowest BCUT2D eigenvalue weighted by molar-refractivity contribution is 0.0748. The second-order valence-corrected chi connectivity index (χ2v) is 4.86. The summed E-state index contributed by atoms with van der Waals surface area (Å²) in [5.41, 5.74) is -0.332. The van der Waals surface area contributed by atoms with Gasteiger partial charge in [0.2, 0.25) is 0 Å². The molecular weight excluding hydrogens is 250 g/mol. The smallest absolute Gasteiger partial charge is 0.183 e. The van der Waals surface area contributed by atoms with Gasteiger partial charge in [-0.1, -0.05) is 11.6 Å². The maximum absolute atomic E-state index is 12.3. The Kier molecular flexibility index (Phi) is 3.58. The van der Waals surface area contributed by atoms with E-state index in [1.54, 1.807) is 18.2 Å². The molecule has 1 aromatic rings. The van der Waals surface area contributed by atoms with Crippen molar-refractivity contribution in [3.8, 4) is 11.8 Å². The highest BCUT2D eigenvalue weighted by molar-refractivity contribution is 6.32. The zero-order valence-corrected chi connectivity index (χ0v) is 11.0. The molecule has 0 aliphatic heterocycles. The van der Waals surface area contributed by atoms with Crippen LogP contribution in [0.2, 0.25) is 5.02 Å². The van der Waals surface area contributed by atoms with Gasteiger partial charge < -0.3 is 4.74 Å². The molecule has 0 spiro atoms. The summed E-state index contributed by atoms with van der Waals surface area (Å²) in [7, 11) is 0. The van der Waals surface area contributed by atoms with Crippen molar-refractivity contribution in [3.63, 3.8) is 0 Å². The first-order chi connectivity index (χ1) is 8.63. The normalized spacial score (nSPS) is 16.5. The van der Waals surface area contributed by atoms with E-state index in [9.17, 15) is 4.79 Å². The van der Waals surface area contributed by atoms with Gasteiger partial charge in [0.1, 0.15) is 11.2 Å². The first-order valence-corrected chi connectivity index (χ1v) is 6.39. The number of benzene rings is 1. The van der Waals surface area contributed by atoms with Crippen molar-refractivity contribution in [1.29, 1.82) is 5.26 Å². The molecule has 1 aliphatic carbocycles. The Morgan fingerprint density at radius 3 is 2.72 bits per heavy atom. The predicted molar refractivity (Wildman–Crippen MR) is 68.8 cm³/mol. The SMILES string of the molecule is CCOc1ccc(C(=O)C2(C#N)CCC2)cc1Cl. The van der Waals surface area contributed by atoms with E-state index in [1.165, 1.54) is 0 Å². The average molecular weight is 264 g/mol. The lowest BCUT2D eigenvalue weighted by Crippen LogP contribution is -2.36. The van der Waals surface area contributed by atoms with Crippen molar-refractivity contribution in [1.82, 2.24) is 0 Å². The number of rotatable bonds is 4. The second-order valence-electron chi connectivity index (χ2n) is 4.45. The van der Waals surface area contributed by atoms with Crippen LogP contribution in [0.3, 0.4) is 0 Å². The third-order valence-electron chi connectivity index (χ3n) is 3.35. The van der Waals surface area contributed by atoms with Crippen LogP contribution in [0.15, 0.2) is 18.2 Å². The fraction of sp³-hybridized carbons (Fsp3) is 0.429. The second kappa shape index (κ2) is 4.99. The summed E-state index contributed by atoms with van der Waals surface area (Å²) in [6.45, 7) is 2.39. The molecule has 94 valence electrons. The van der Waals surface area contributed by atoms with E-state index in [4.69, 9.17) is 21.6 Å². The molecule has 0 saturated heterocycles. The van der Waals surface area contributed by atoms with Crippen LogP contribution in [0.5, 0.6) is 5.75 Å². The van der Waals surface area contributed by atoms with E-state index in [2.05, 4.69) is 6.07 Å². The van der Waals surface area contributed by atoms with E-state index in [1.807, 2.05) is 6.92 Å². The molecule has 0 unspecified atom stereocenters. The molecule has 1 aromatic carbocycles. The molecule has 0 amide bonds. The van der Waals surface area contributed by atoms with Crippen LogP contribution in [0, 0.1) is 16.7 Å². The zero-order valence-electron chi connectivity index (χ0n) is 10.2. The summed E-state index contributed by atoms with van der Waals surface area (Å²) in [6, 6.07) is 7.10. The van der Waals surface area contributed by atoms with Gasteiger partial charge in [-0.2, -0.15) is 5.26 Å². The van der Waals surface area contributed by atoms with Crippen LogP contribution in [-0.2, 0) is 0 Å². The van der Waals surface area contributed by atoms with Crippen molar-refractivity contribution in [2.45, 2.75) is 26.2 Å². The third-order valence-corrected chi connectivity index (χ3v) is 3.65. The number of hydrogen-bond donors (Lipinski definition) is 0. The molecule has 1 fully saturated rings. The Morgan fingerprint density at radius 2 is 2.28 bits per heavy atom. The molecule has 0 radical (unpaired) electrons. The number of hydrogen-bond acceptors (Lipinski definition) is 3. The first kappa shape index (κ1) is 12.9. The fourth-order valence-corrected chi connectivity index (χ4v) is 2.35. The van der Waals surface area contributed by atoms with Crippen molar-refractivity contribution in [3.05, 3.63) is 28.8 Å². The Balaban J connectivity index is 2.27. The van der Waals surface area contributed by atoms with Crippen molar-refractivity contribution in [2.75, 3.05) is 6.61 Å². The minimum absolute atomic E-state index is 0.124. The highest BCUT2D eigenvalue weighted by Gasteiger charge is 2.44. The van der Waals surface area contributed by atoms with Crippen LogP contribution in [0.25, 0.3) is 0 Å². The highest BCUT2D eigenvalue weighted by Crippen LogP contribution is 2.43. The molecule has 18 heavy (non-hydrogen) atoms. The molecule has 2 rings (SSSR count). The summed E-state index contributed by atoms with van der Waals surface area (Å²) in [5, 5.41) is 9.56. The van der Waals surface area contributed by atoms with Crippen LogP contribution >= 0.6 is 11.6 Å². The Hall–Kier alpha value is -1.53. The van der Waals surface area contributed by atoms with Gasteiger partial charge in [-0.15, -0.1) is 0 Å². The standard InChI is InChI=1S/C14H14ClNO2/c1-2-18-12-5-4-10(8-11(12)15)13(17)14(9-16)6-3-7-14/h4-5,8H,2-3,6-7H2,1H3. The van der Waals surface area contributed by atoms with Gasteiger partial charge >= 0.3 is 0 Å². The van der Waals surface area contributed by atoms with Gasteiger partial charge in [0, 0.05) is 5.56 Å². The van der Waals surface area contributed by atoms with E-state index >= 15 is 0 Å². The monoisotopic (exact) mass is 263 g/mol. The summed E-state index contributed by atoms with van der Waals surface area (Å²) in [5.74, 6) is 0.441. The van der Waals surface area contributed by atoms with Gasteiger partial charge in [0.05, 0.1) is 17.7 Å². The lowest BCUT2D eigenvalue weighted by Gasteiger charge is -2.33. The zero-order chi connectivity index (χ0) is 13.2. The Labute approximate surface area is 111 Å². The number of nitriles is 1. The van der Waals surface area contributed by atoms with Crippen molar-refractivity contribution >= 4 is 17.4 Å². The summed E-state index contributed by atoms with van der Waals surface area (Å²) in [4.78, 5) is 12.3. The van der Waals surface area contributed by atoms with Crippen LogP contribution in [0.4, 0.5) is 0 Å². The van der Waals surface area contributed by atoms with Crippen molar-refractivity contribution < 1.29 is 9.53 Å². The maximum Gasteiger partial charge on any atom is 0.183 e. The molecule has 1 saturated carbocycles. The molecule has 0 bridgehead atoms. The number of carbonyl (C=O) groups is 1. The lowest BCUT2D eigenvalue weighted by atomic mass is 9.65. The molecule has 0 aromatic heterocycles. The molecule has 0 heterocycles. The van der Waals surface area contributed by atoms with E-state index in [-0.39, 0.29) is 5.78 Å². The number of ether oxygens (including phenoxy) is 1. The van der Waals surface area contributed by atoms with Gasteiger partial charge in [-0.3, -0.25) is 4.79 Å². The topological polar surface area (TPSA) is 50.1 Å². The summed E-state index contributed by atoms with van der Waals surface area (Å²) >= 11 is 6.05. The number of halogens is 1. The Bertz CT molecular complexity index is 515. The molecule has 1 aliphatic rings.